The predicted molar refractivity (Wildman–Crippen MR) is 75.7 cm³/mol. The number of nitrogens with one attached hydrogen (secondary N) is 1. The molecule has 5 heteroatoms. The summed E-state index contributed by atoms with van der Waals surface area (Å²) in [4.78, 5) is 25.3. The number of rotatable bonds is 8. The Morgan fingerprint density at radius 3 is 2.32 bits per heavy atom. The van der Waals surface area contributed by atoms with Crippen LogP contribution in [0.3, 0.4) is 0 Å². The van der Waals surface area contributed by atoms with Crippen LogP contribution in [0.15, 0.2) is 12.2 Å². The number of carbonyl (C=O) groups is 2. The summed E-state index contributed by atoms with van der Waals surface area (Å²) >= 11 is 0. The summed E-state index contributed by atoms with van der Waals surface area (Å²) in [6, 6.07) is -0.461. The standard InChI is InChI=1S/C14H26N2O3/c1-7-16(9-10(2)3)12(17)8-15-13(11(4)5)14(18)19-6/h11,13,15H,2,7-9H2,1,3-6H3/t13-/m1/s1. The third kappa shape index (κ3) is 6.38. The smallest absolute Gasteiger partial charge is 0.323 e. The maximum atomic E-state index is 12.0. The lowest BCUT2D eigenvalue weighted by Gasteiger charge is -2.24. The molecule has 0 aliphatic heterocycles. The van der Waals surface area contributed by atoms with Crippen LogP contribution in [0, 0.1) is 5.92 Å². The number of hydrogen-bond acceptors (Lipinski definition) is 4. The molecule has 19 heavy (non-hydrogen) atoms. The first-order chi connectivity index (χ1) is 8.83. The summed E-state index contributed by atoms with van der Waals surface area (Å²) in [7, 11) is 1.35. The quantitative estimate of drug-likeness (QED) is 0.532. The van der Waals surface area contributed by atoms with Gasteiger partial charge in [-0.25, -0.2) is 0 Å². The van der Waals surface area contributed by atoms with Gasteiger partial charge in [-0.15, -0.1) is 0 Å². The van der Waals surface area contributed by atoms with Crippen molar-refractivity contribution in [2.75, 3.05) is 26.7 Å². The predicted octanol–water partition coefficient (Wildman–Crippen LogP) is 1.20. The Hall–Kier alpha value is -1.36. The molecule has 1 amide bonds. The van der Waals surface area contributed by atoms with Crippen LogP contribution >= 0.6 is 0 Å². The maximum Gasteiger partial charge on any atom is 0.323 e. The van der Waals surface area contributed by atoms with Gasteiger partial charge in [0.15, 0.2) is 0 Å². The number of nitrogens with zero attached hydrogens (tertiary/aromatic N) is 1. The lowest BCUT2D eigenvalue weighted by Crippen LogP contribution is -2.47. The Morgan fingerprint density at radius 2 is 1.95 bits per heavy atom. The Morgan fingerprint density at radius 1 is 1.37 bits per heavy atom. The molecule has 5 nitrogen and oxygen atoms in total. The highest BCUT2D eigenvalue weighted by Crippen LogP contribution is 2.04. The Bertz CT molecular complexity index is 327. The van der Waals surface area contributed by atoms with Crippen LogP contribution in [0.25, 0.3) is 0 Å². The highest BCUT2D eigenvalue weighted by molar-refractivity contribution is 5.80. The number of methoxy groups -OCH3 is 1. The van der Waals surface area contributed by atoms with Crippen LogP contribution in [-0.2, 0) is 14.3 Å². The first kappa shape index (κ1) is 17.6. The molecule has 0 aliphatic rings. The second-order valence-corrected chi connectivity index (χ2v) is 4.99. The molecule has 0 aromatic heterocycles. The molecule has 0 unspecified atom stereocenters. The fourth-order valence-electron chi connectivity index (χ4n) is 1.73. The minimum Gasteiger partial charge on any atom is -0.468 e. The lowest BCUT2D eigenvalue weighted by atomic mass is 10.0. The fourth-order valence-corrected chi connectivity index (χ4v) is 1.73. The van der Waals surface area contributed by atoms with Gasteiger partial charge in [-0.05, 0) is 19.8 Å². The van der Waals surface area contributed by atoms with E-state index in [0.717, 1.165) is 5.57 Å². The van der Waals surface area contributed by atoms with Crippen molar-refractivity contribution in [3.8, 4) is 0 Å². The Kier molecular flexibility index (Phi) is 8.07. The molecule has 0 bridgehead atoms. The van der Waals surface area contributed by atoms with E-state index in [2.05, 4.69) is 11.9 Å². The van der Waals surface area contributed by atoms with Crippen LogP contribution in [0.2, 0.25) is 0 Å². The number of hydrogen-bond donors (Lipinski definition) is 1. The van der Waals surface area contributed by atoms with E-state index in [9.17, 15) is 9.59 Å². The second kappa shape index (κ2) is 8.69. The molecule has 0 radical (unpaired) electrons. The molecule has 0 saturated carbocycles. The average molecular weight is 270 g/mol. The molecular formula is C14H26N2O3. The summed E-state index contributed by atoms with van der Waals surface area (Å²) in [6.45, 7) is 12.7. The van der Waals surface area contributed by atoms with E-state index in [1.54, 1.807) is 4.90 Å². The van der Waals surface area contributed by atoms with Crippen LogP contribution in [0.1, 0.15) is 27.7 Å². The zero-order valence-corrected chi connectivity index (χ0v) is 12.7. The van der Waals surface area contributed by atoms with E-state index >= 15 is 0 Å². The minimum atomic E-state index is -0.461. The SMILES string of the molecule is C=C(C)CN(CC)C(=O)CN[C@@H](C(=O)OC)C(C)C. The molecule has 1 atom stereocenters. The third-order valence-corrected chi connectivity index (χ3v) is 2.79. The molecule has 0 fully saturated rings. The highest BCUT2D eigenvalue weighted by Gasteiger charge is 2.24. The monoisotopic (exact) mass is 270 g/mol. The van der Waals surface area contributed by atoms with Gasteiger partial charge >= 0.3 is 5.97 Å². The van der Waals surface area contributed by atoms with E-state index in [1.807, 2.05) is 27.7 Å². The summed E-state index contributed by atoms with van der Waals surface area (Å²) in [5.74, 6) is -0.317. The van der Waals surface area contributed by atoms with Crippen molar-refractivity contribution in [3.05, 3.63) is 12.2 Å². The lowest BCUT2D eigenvalue weighted by molar-refractivity contribution is -0.144. The van der Waals surface area contributed by atoms with Gasteiger partial charge in [-0.2, -0.15) is 0 Å². The second-order valence-electron chi connectivity index (χ2n) is 4.99. The molecule has 0 aliphatic carbocycles. The number of carbonyl (C=O) groups excluding carboxylic acids is 2. The van der Waals surface area contributed by atoms with Crippen LogP contribution in [0.4, 0.5) is 0 Å². The van der Waals surface area contributed by atoms with E-state index in [4.69, 9.17) is 4.74 Å². The highest BCUT2D eigenvalue weighted by atomic mass is 16.5. The van der Waals surface area contributed by atoms with E-state index in [0.29, 0.717) is 13.1 Å². The molecule has 0 aromatic carbocycles. The minimum absolute atomic E-state index is 0.0416. The number of esters is 1. The van der Waals surface area contributed by atoms with Crippen molar-refractivity contribution in [1.82, 2.24) is 10.2 Å². The maximum absolute atomic E-state index is 12.0. The van der Waals surface area contributed by atoms with Gasteiger partial charge in [0.05, 0.1) is 13.7 Å². The van der Waals surface area contributed by atoms with Gasteiger partial charge < -0.3 is 9.64 Å². The first-order valence-corrected chi connectivity index (χ1v) is 6.56. The van der Waals surface area contributed by atoms with Crippen LogP contribution in [-0.4, -0.2) is 49.6 Å². The number of ether oxygens (including phenoxy) is 1. The Labute approximate surface area is 116 Å². The summed E-state index contributed by atoms with van der Waals surface area (Å²) < 4.78 is 4.72. The summed E-state index contributed by atoms with van der Waals surface area (Å²) in [6.07, 6.45) is 0. The zero-order valence-electron chi connectivity index (χ0n) is 12.7. The molecular weight excluding hydrogens is 244 g/mol. The zero-order chi connectivity index (χ0) is 15.0. The largest absolute Gasteiger partial charge is 0.468 e. The van der Waals surface area contributed by atoms with E-state index in [1.165, 1.54) is 7.11 Å². The van der Waals surface area contributed by atoms with Gasteiger partial charge in [0, 0.05) is 13.1 Å². The topological polar surface area (TPSA) is 58.6 Å². The molecule has 110 valence electrons. The van der Waals surface area contributed by atoms with Crippen molar-refractivity contribution in [1.29, 1.82) is 0 Å². The fraction of sp³-hybridized carbons (Fsp3) is 0.714. The van der Waals surface area contributed by atoms with Crippen molar-refractivity contribution in [3.63, 3.8) is 0 Å². The van der Waals surface area contributed by atoms with Gasteiger partial charge in [0.2, 0.25) is 5.91 Å². The normalized spacial score (nSPS) is 12.1. The third-order valence-electron chi connectivity index (χ3n) is 2.79. The molecule has 0 rings (SSSR count). The number of amides is 1. The van der Waals surface area contributed by atoms with Crippen molar-refractivity contribution in [2.24, 2.45) is 5.92 Å². The van der Waals surface area contributed by atoms with Gasteiger partial charge in [0.25, 0.3) is 0 Å². The van der Waals surface area contributed by atoms with Crippen molar-refractivity contribution < 1.29 is 14.3 Å². The van der Waals surface area contributed by atoms with E-state index < -0.39 is 6.04 Å². The molecule has 1 N–H and O–H groups in total. The summed E-state index contributed by atoms with van der Waals surface area (Å²) in [5, 5.41) is 2.96. The van der Waals surface area contributed by atoms with Gasteiger partial charge in [-0.3, -0.25) is 14.9 Å². The molecule has 0 aromatic rings. The number of likely N-dealkylation sites (N-methyl/N-ethyl adjacent to an activating group) is 1. The first-order valence-electron chi connectivity index (χ1n) is 6.56. The van der Waals surface area contributed by atoms with Crippen molar-refractivity contribution in [2.45, 2.75) is 33.7 Å². The molecule has 0 saturated heterocycles. The Balaban J connectivity index is 4.46. The molecule has 0 heterocycles. The summed E-state index contributed by atoms with van der Waals surface area (Å²) in [5.41, 5.74) is 0.934. The average Bonchev–Trinajstić information content (AvgIpc) is 2.34. The van der Waals surface area contributed by atoms with Crippen LogP contribution in [0.5, 0.6) is 0 Å². The van der Waals surface area contributed by atoms with Gasteiger partial charge in [-0.1, -0.05) is 26.0 Å². The van der Waals surface area contributed by atoms with Crippen molar-refractivity contribution >= 4 is 11.9 Å². The van der Waals surface area contributed by atoms with Crippen LogP contribution < -0.4 is 5.32 Å². The molecule has 0 spiro atoms. The van der Waals surface area contributed by atoms with E-state index in [-0.39, 0.29) is 24.3 Å². The van der Waals surface area contributed by atoms with Gasteiger partial charge in [0.1, 0.15) is 6.04 Å².